The van der Waals surface area contributed by atoms with Gasteiger partial charge in [-0.2, -0.15) is 11.8 Å². The van der Waals surface area contributed by atoms with Crippen LogP contribution in [0.15, 0.2) is 24.3 Å². The Hall–Kier alpha value is -0.670. The van der Waals surface area contributed by atoms with Gasteiger partial charge in [0.15, 0.2) is 0 Å². The van der Waals surface area contributed by atoms with Gasteiger partial charge in [0.05, 0.1) is 0 Å². The number of ether oxygens (including phenoxy) is 1. The molecule has 2 nitrogen and oxygen atoms in total. The van der Waals surface area contributed by atoms with Crippen LogP contribution >= 0.6 is 11.8 Å². The fourth-order valence-corrected chi connectivity index (χ4v) is 3.88. The Bertz CT molecular complexity index is 371. The summed E-state index contributed by atoms with van der Waals surface area (Å²) in [5.41, 5.74) is 1.35. The topological polar surface area (TPSA) is 21.3 Å². The van der Waals surface area contributed by atoms with Crippen LogP contribution in [0.4, 0.5) is 0 Å². The average Bonchev–Trinajstić information content (AvgIpc) is 2.92. The minimum atomic E-state index is 0.324. The largest absolute Gasteiger partial charge is 0.488 e. The fraction of sp³-hybridized carbons (Fsp3) is 0.571. The lowest BCUT2D eigenvalue weighted by molar-refractivity contribution is 0.221. The van der Waals surface area contributed by atoms with Gasteiger partial charge in [-0.3, -0.25) is 0 Å². The molecule has 0 amide bonds. The highest BCUT2D eigenvalue weighted by atomic mass is 32.2. The van der Waals surface area contributed by atoms with Crippen LogP contribution in [-0.2, 0) is 6.42 Å². The molecular weight excluding hydrogens is 230 g/mol. The highest BCUT2D eigenvalue weighted by Gasteiger charge is 2.27. The first-order valence-electron chi connectivity index (χ1n) is 6.42. The van der Waals surface area contributed by atoms with E-state index in [4.69, 9.17) is 4.74 Å². The van der Waals surface area contributed by atoms with Crippen LogP contribution in [0, 0.1) is 0 Å². The quantitative estimate of drug-likeness (QED) is 0.889. The third-order valence-electron chi connectivity index (χ3n) is 3.70. The lowest BCUT2D eigenvalue weighted by atomic mass is 10.1. The lowest BCUT2D eigenvalue weighted by Crippen LogP contribution is -2.40. The first-order chi connectivity index (χ1) is 8.33. The van der Waals surface area contributed by atoms with Gasteiger partial charge in [-0.05, 0) is 23.8 Å². The maximum absolute atomic E-state index is 5.93. The lowest BCUT2D eigenvalue weighted by Gasteiger charge is -2.19. The number of nitrogens with one attached hydrogen (secondary N) is 1. The van der Waals surface area contributed by atoms with Crippen molar-refractivity contribution in [2.45, 2.75) is 37.2 Å². The van der Waals surface area contributed by atoms with E-state index in [9.17, 15) is 0 Å². The van der Waals surface area contributed by atoms with E-state index in [1.807, 2.05) is 6.07 Å². The van der Waals surface area contributed by atoms with Crippen molar-refractivity contribution in [3.05, 3.63) is 29.8 Å². The third kappa shape index (κ3) is 2.45. The highest BCUT2D eigenvalue weighted by Crippen LogP contribution is 2.29. The Balaban J connectivity index is 1.52. The van der Waals surface area contributed by atoms with Crippen LogP contribution < -0.4 is 10.1 Å². The van der Waals surface area contributed by atoms with Gasteiger partial charge in [0.1, 0.15) is 11.9 Å². The zero-order valence-electron chi connectivity index (χ0n) is 10.2. The third-order valence-corrected chi connectivity index (χ3v) is 5.02. The van der Waals surface area contributed by atoms with Gasteiger partial charge in [-0.25, -0.2) is 0 Å². The van der Waals surface area contributed by atoms with Crippen LogP contribution in [0.1, 0.15) is 18.9 Å². The molecule has 2 aliphatic heterocycles. The Kier molecular flexibility index (Phi) is 3.30. The molecule has 3 atom stereocenters. The smallest absolute Gasteiger partial charge is 0.123 e. The molecule has 1 aromatic carbocycles. The summed E-state index contributed by atoms with van der Waals surface area (Å²) in [6.07, 6.45) is 2.67. The summed E-state index contributed by atoms with van der Waals surface area (Å²) in [4.78, 5) is 0. The number of hydrogen-bond acceptors (Lipinski definition) is 3. The fourth-order valence-electron chi connectivity index (χ4n) is 2.65. The molecule has 1 saturated heterocycles. The van der Waals surface area contributed by atoms with E-state index >= 15 is 0 Å². The molecule has 1 N–H and O–H groups in total. The number of rotatable bonds is 3. The van der Waals surface area contributed by atoms with E-state index in [1.54, 1.807) is 0 Å². The van der Waals surface area contributed by atoms with Crippen molar-refractivity contribution >= 4 is 11.8 Å². The van der Waals surface area contributed by atoms with E-state index in [0.29, 0.717) is 12.1 Å². The number of fused-ring (bicyclic) bond motifs is 1. The van der Waals surface area contributed by atoms with Crippen LogP contribution in [-0.4, -0.2) is 29.7 Å². The second-order valence-electron chi connectivity index (χ2n) is 4.93. The van der Waals surface area contributed by atoms with Crippen molar-refractivity contribution in [2.24, 2.45) is 0 Å². The number of para-hydroxylation sites is 1. The van der Waals surface area contributed by atoms with Crippen LogP contribution in [0.5, 0.6) is 5.75 Å². The molecule has 1 fully saturated rings. The maximum atomic E-state index is 5.93. The zero-order valence-corrected chi connectivity index (χ0v) is 11.0. The monoisotopic (exact) mass is 249 g/mol. The molecule has 0 spiro atoms. The summed E-state index contributed by atoms with van der Waals surface area (Å²) in [5.74, 6) is 2.37. The molecule has 0 aliphatic carbocycles. The van der Waals surface area contributed by atoms with Crippen molar-refractivity contribution in [2.75, 3.05) is 12.3 Å². The normalized spacial score (nSPS) is 31.2. The van der Waals surface area contributed by atoms with E-state index in [2.05, 4.69) is 42.2 Å². The molecule has 2 aliphatic rings. The Morgan fingerprint density at radius 1 is 1.41 bits per heavy atom. The predicted octanol–water partition coefficient (Wildman–Crippen LogP) is 2.47. The second-order valence-corrected chi connectivity index (χ2v) is 6.42. The molecule has 2 heterocycles. The summed E-state index contributed by atoms with van der Waals surface area (Å²) < 4.78 is 5.93. The SMILES string of the molecule is CC1SCCC1NCC1Cc2ccccc2O1. The van der Waals surface area contributed by atoms with Crippen molar-refractivity contribution in [3.63, 3.8) is 0 Å². The molecular formula is C14H19NOS. The average molecular weight is 249 g/mol. The Labute approximate surface area is 107 Å². The minimum absolute atomic E-state index is 0.324. The standard InChI is InChI=1S/C14H19NOS/c1-10-13(6-7-17-10)15-9-12-8-11-4-2-3-5-14(11)16-12/h2-5,10,12-13,15H,6-9H2,1H3. The van der Waals surface area contributed by atoms with Crippen molar-refractivity contribution in [1.29, 1.82) is 0 Å². The zero-order chi connectivity index (χ0) is 11.7. The van der Waals surface area contributed by atoms with Gasteiger partial charge in [-0.1, -0.05) is 25.1 Å². The van der Waals surface area contributed by atoms with Crippen LogP contribution in [0.3, 0.4) is 0 Å². The Morgan fingerprint density at radius 3 is 3.06 bits per heavy atom. The first kappa shape index (κ1) is 11.4. The van der Waals surface area contributed by atoms with Gasteiger partial charge in [-0.15, -0.1) is 0 Å². The van der Waals surface area contributed by atoms with Gasteiger partial charge >= 0.3 is 0 Å². The van der Waals surface area contributed by atoms with Crippen molar-refractivity contribution in [1.82, 2.24) is 5.32 Å². The molecule has 0 saturated carbocycles. The summed E-state index contributed by atoms with van der Waals surface area (Å²) in [5, 5.41) is 4.41. The van der Waals surface area contributed by atoms with E-state index in [-0.39, 0.29) is 0 Å². The van der Waals surface area contributed by atoms with E-state index in [0.717, 1.165) is 24.0 Å². The molecule has 17 heavy (non-hydrogen) atoms. The predicted molar refractivity (Wildman–Crippen MR) is 72.9 cm³/mol. The van der Waals surface area contributed by atoms with E-state index < -0.39 is 0 Å². The molecule has 3 unspecified atom stereocenters. The summed E-state index contributed by atoms with van der Waals surface area (Å²) in [7, 11) is 0. The highest BCUT2D eigenvalue weighted by molar-refractivity contribution is 8.00. The summed E-state index contributed by atoms with van der Waals surface area (Å²) >= 11 is 2.07. The van der Waals surface area contributed by atoms with Gasteiger partial charge < -0.3 is 10.1 Å². The van der Waals surface area contributed by atoms with Gasteiger partial charge in [0.25, 0.3) is 0 Å². The Morgan fingerprint density at radius 2 is 2.29 bits per heavy atom. The van der Waals surface area contributed by atoms with Crippen molar-refractivity contribution in [3.8, 4) is 5.75 Å². The summed E-state index contributed by atoms with van der Waals surface area (Å²) in [6, 6.07) is 9.05. The molecule has 0 bridgehead atoms. The van der Waals surface area contributed by atoms with Crippen molar-refractivity contribution < 1.29 is 4.74 Å². The summed E-state index contributed by atoms with van der Waals surface area (Å²) in [6.45, 7) is 3.30. The number of benzene rings is 1. The van der Waals surface area contributed by atoms with Gasteiger partial charge in [0.2, 0.25) is 0 Å². The molecule has 92 valence electrons. The maximum Gasteiger partial charge on any atom is 0.123 e. The number of hydrogen-bond donors (Lipinski definition) is 1. The second kappa shape index (κ2) is 4.91. The molecule has 0 radical (unpaired) electrons. The molecule has 1 aromatic rings. The first-order valence-corrected chi connectivity index (χ1v) is 7.47. The van der Waals surface area contributed by atoms with Crippen LogP contribution in [0.25, 0.3) is 0 Å². The van der Waals surface area contributed by atoms with Gasteiger partial charge in [0, 0.05) is 24.3 Å². The molecule has 3 heteroatoms. The van der Waals surface area contributed by atoms with Crippen LogP contribution in [0.2, 0.25) is 0 Å². The van der Waals surface area contributed by atoms with E-state index in [1.165, 1.54) is 17.7 Å². The minimum Gasteiger partial charge on any atom is -0.488 e. The number of thioether (sulfide) groups is 1. The molecule has 0 aromatic heterocycles. The molecule has 3 rings (SSSR count).